The minimum absolute atomic E-state index is 0.138. The van der Waals surface area contributed by atoms with E-state index in [1.54, 1.807) is 19.2 Å². The Kier molecular flexibility index (Phi) is 7.31. The van der Waals surface area contributed by atoms with Crippen LogP contribution in [0.1, 0.15) is 12.5 Å². The van der Waals surface area contributed by atoms with Crippen molar-refractivity contribution in [3.8, 4) is 0 Å². The summed E-state index contributed by atoms with van der Waals surface area (Å²) in [6.45, 7) is 2.13. The fourth-order valence-corrected chi connectivity index (χ4v) is 4.86. The molecule has 1 amide bonds. The highest BCUT2D eigenvalue weighted by Gasteiger charge is 2.21. The molecule has 0 fully saturated rings. The van der Waals surface area contributed by atoms with Gasteiger partial charge >= 0.3 is 0 Å². The smallest absolute Gasteiger partial charge is 0.243 e. The Bertz CT molecular complexity index is 1070. The number of carbonyl (C=O) groups excluding carboxylic acids is 1. The Labute approximate surface area is 182 Å². The van der Waals surface area contributed by atoms with Crippen molar-refractivity contribution in [1.82, 2.24) is 4.31 Å². The summed E-state index contributed by atoms with van der Waals surface area (Å²) in [5.41, 5.74) is 1.47. The molecular formula is C23H24N2O3S2. The average molecular weight is 441 g/mol. The maximum Gasteiger partial charge on any atom is 0.243 e. The summed E-state index contributed by atoms with van der Waals surface area (Å²) in [5, 5.41) is 2.56. The van der Waals surface area contributed by atoms with E-state index >= 15 is 0 Å². The third kappa shape index (κ3) is 5.72. The van der Waals surface area contributed by atoms with Crippen molar-refractivity contribution in [2.24, 2.45) is 0 Å². The Morgan fingerprint density at radius 3 is 2.10 bits per heavy atom. The van der Waals surface area contributed by atoms with Gasteiger partial charge in [0.1, 0.15) is 0 Å². The maximum absolute atomic E-state index is 12.8. The first-order valence-corrected chi connectivity index (χ1v) is 11.8. The molecule has 0 bridgehead atoms. The predicted molar refractivity (Wildman–Crippen MR) is 122 cm³/mol. The summed E-state index contributed by atoms with van der Waals surface area (Å²) in [4.78, 5) is 13.7. The van der Waals surface area contributed by atoms with Gasteiger partial charge in [-0.15, -0.1) is 11.8 Å². The molecule has 7 heteroatoms. The van der Waals surface area contributed by atoms with Crippen LogP contribution in [0.5, 0.6) is 0 Å². The lowest BCUT2D eigenvalue weighted by molar-refractivity contribution is -0.115. The second-order valence-electron chi connectivity index (χ2n) is 6.83. The second-order valence-corrected chi connectivity index (χ2v) is 10.3. The number of sulfonamides is 1. The molecule has 0 radical (unpaired) electrons. The third-order valence-corrected chi connectivity index (χ3v) is 7.43. The van der Waals surface area contributed by atoms with Crippen LogP contribution in [-0.4, -0.2) is 30.9 Å². The SMILES string of the molecule is CC(Sc1ccccc1)C(=O)Nc1ccc(S(=O)(=O)N(C)Cc2ccccc2)cc1. The summed E-state index contributed by atoms with van der Waals surface area (Å²) in [6, 6.07) is 25.4. The van der Waals surface area contributed by atoms with E-state index in [0.717, 1.165) is 10.5 Å². The molecule has 3 aromatic rings. The van der Waals surface area contributed by atoms with Gasteiger partial charge in [0.15, 0.2) is 0 Å². The van der Waals surface area contributed by atoms with Gasteiger partial charge in [0.25, 0.3) is 0 Å². The van der Waals surface area contributed by atoms with Gasteiger partial charge in [0, 0.05) is 24.2 Å². The van der Waals surface area contributed by atoms with Gasteiger partial charge < -0.3 is 5.32 Å². The fraction of sp³-hybridized carbons (Fsp3) is 0.174. The van der Waals surface area contributed by atoms with Gasteiger partial charge in [-0.05, 0) is 48.9 Å². The van der Waals surface area contributed by atoms with Crippen molar-refractivity contribution in [1.29, 1.82) is 0 Å². The van der Waals surface area contributed by atoms with E-state index in [2.05, 4.69) is 5.32 Å². The largest absolute Gasteiger partial charge is 0.325 e. The van der Waals surface area contributed by atoms with E-state index in [9.17, 15) is 13.2 Å². The Balaban J connectivity index is 1.63. The molecule has 0 aliphatic carbocycles. The van der Waals surface area contributed by atoms with E-state index in [1.807, 2.05) is 67.6 Å². The molecule has 0 aliphatic rings. The molecule has 1 atom stereocenters. The number of nitrogens with one attached hydrogen (secondary N) is 1. The third-order valence-electron chi connectivity index (χ3n) is 4.50. The monoisotopic (exact) mass is 440 g/mol. The number of hydrogen-bond acceptors (Lipinski definition) is 4. The van der Waals surface area contributed by atoms with E-state index < -0.39 is 10.0 Å². The quantitative estimate of drug-likeness (QED) is 0.519. The van der Waals surface area contributed by atoms with E-state index in [4.69, 9.17) is 0 Å². The lowest BCUT2D eigenvalue weighted by atomic mass is 10.2. The van der Waals surface area contributed by atoms with Crippen molar-refractivity contribution in [3.05, 3.63) is 90.5 Å². The fourth-order valence-electron chi connectivity index (χ4n) is 2.82. The topological polar surface area (TPSA) is 66.5 Å². The zero-order chi connectivity index (χ0) is 21.6. The summed E-state index contributed by atoms with van der Waals surface area (Å²) in [7, 11) is -2.07. The molecule has 5 nitrogen and oxygen atoms in total. The van der Waals surface area contributed by atoms with Gasteiger partial charge in [-0.3, -0.25) is 4.79 Å². The van der Waals surface area contributed by atoms with Crippen molar-refractivity contribution in [2.45, 2.75) is 28.5 Å². The van der Waals surface area contributed by atoms with E-state index in [-0.39, 0.29) is 22.6 Å². The van der Waals surface area contributed by atoms with Crippen LogP contribution >= 0.6 is 11.8 Å². The van der Waals surface area contributed by atoms with Crippen LogP contribution in [0.2, 0.25) is 0 Å². The minimum Gasteiger partial charge on any atom is -0.325 e. The molecule has 0 heterocycles. The predicted octanol–water partition coefficient (Wildman–Crippen LogP) is 4.63. The average Bonchev–Trinajstić information content (AvgIpc) is 2.75. The number of carbonyl (C=O) groups is 1. The van der Waals surface area contributed by atoms with Crippen molar-refractivity contribution >= 4 is 33.4 Å². The molecule has 3 rings (SSSR count). The number of anilines is 1. The zero-order valence-corrected chi connectivity index (χ0v) is 18.5. The van der Waals surface area contributed by atoms with Gasteiger partial charge in [-0.25, -0.2) is 8.42 Å². The lowest BCUT2D eigenvalue weighted by Crippen LogP contribution is -2.26. The van der Waals surface area contributed by atoms with Gasteiger partial charge in [0.05, 0.1) is 10.1 Å². The molecular weight excluding hydrogens is 416 g/mol. The number of benzene rings is 3. The Morgan fingerprint density at radius 2 is 1.50 bits per heavy atom. The van der Waals surface area contributed by atoms with Crippen molar-refractivity contribution < 1.29 is 13.2 Å². The first-order chi connectivity index (χ1) is 14.4. The summed E-state index contributed by atoms with van der Waals surface area (Å²) in [5.74, 6) is -0.138. The molecule has 30 heavy (non-hydrogen) atoms. The van der Waals surface area contributed by atoms with Crippen LogP contribution in [-0.2, 0) is 21.4 Å². The Hall–Kier alpha value is -2.61. The van der Waals surface area contributed by atoms with Gasteiger partial charge in [-0.1, -0.05) is 48.5 Å². The highest BCUT2D eigenvalue weighted by atomic mass is 32.2. The molecule has 0 saturated carbocycles. The lowest BCUT2D eigenvalue weighted by Gasteiger charge is -2.18. The molecule has 156 valence electrons. The first-order valence-electron chi connectivity index (χ1n) is 9.49. The molecule has 0 saturated heterocycles. The highest BCUT2D eigenvalue weighted by molar-refractivity contribution is 8.00. The number of nitrogens with zero attached hydrogens (tertiary/aromatic N) is 1. The van der Waals surface area contributed by atoms with Crippen molar-refractivity contribution in [3.63, 3.8) is 0 Å². The molecule has 3 aromatic carbocycles. The number of amides is 1. The van der Waals surface area contributed by atoms with Crippen LogP contribution in [0.25, 0.3) is 0 Å². The maximum atomic E-state index is 12.8. The minimum atomic E-state index is -3.62. The standard InChI is InChI=1S/C23H24N2O3S2/c1-18(29-21-11-7-4-8-12-21)23(26)24-20-13-15-22(16-14-20)30(27,28)25(2)17-19-9-5-3-6-10-19/h3-16,18H,17H2,1-2H3,(H,24,26). The Morgan fingerprint density at radius 1 is 0.933 bits per heavy atom. The first kappa shape index (κ1) is 22.1. The van der Waals surface area contributed by atoms with Crippen LogP contribution in [0, 0.1) is 0 Å². The van der Waals surface area contributed by atoms with E-state index in [1.165, 1.54) is 28.2 Å². The van der Waals surface area contributed by atoms with Gasteiger partial charge in [-0.2, -0.15) is 4.31 Å². The normalized spacial score (nSPS) is 12.5. The highest BCUT2D eigenvalue weighted by Crippen LogP contribution is 2.24. The summed E-state index contributed by atoms with van der Waals surface area (Å²) in [6.07, 6.45) is 0. The zero-order valence-electron chi connectivity index (χ0n) is 16.9. The van der Waals surface area contributed by atoms with Crippen LogP contribution in [0.15, 0.2) is 94.7 Å². The van der Waals surface area contributed by atoms with Crippen LogP contribution in [0.3, 0.4) is 0 Å². The van der Waals surface area contributed by atoms with Gasteiger partial charge in [0.2, 0.25) is 15.9 Å². The van der Waals surface area contributed by atoms with Crippen LogP contribution in [0.4, 0.5) is 5.69 Å². The summed E-state index contributed by atoms with van der Waals surface area (Å²) < 4.78 is 26.9. The number of hydrogen-bond donors (Lipinski definition) is 1. The summed E-state index contributed by atoms with van der Waals surface area (Å²) >= 11 is 1.47. The van der Waals surface area contributed by atoms with Crippen LogP contribution < -0.4 is 5.32 Å². The van der Waals surface area contributed by atoms with Crippen molar-refractivity contribution in [2.75, 3.05) is 12.4 Å². The molecule has 0 aromatic heterocycles. The molecule has 0 aliphatic heterocycles. The second kappa shape index (κ2) is 9.93. The number of rotatable bonds is 8. The number of thioether (sulfide) groups is 1. The van der Waals surface area contributed by atoms with E-state index in [0.29, 0.717) is 5.69 Å². The molecule has 1 N–H and O–H groups in total. The molecule has 1 unspecified atom stereocenters. The molecule has 0 spiro atoms.